The average Bonchev–Trinajstić information content (AvgIpc) is 3.17. The number of ketones is 1. The Morgan fingerprint density at radius 2 is 1.90 bits per heavy atom. The molecule has 0 aromatic heterocycles. The summed E-state index contributed by atoms with van der Waals surface area (Å²) in [5, 5.41) is 32.6. The van der Waals surface area contributed by atoms with E-state index in [-0.39, 0.29) is 42.5 Å². The van der Waals surface area contributed by atoms with Crippen LogP contribution in [-0.2, 0) is 14.3 Å². The van der Waals surface area contributed by atoms with Gasteiger partial charge in [0.05, 0.1) is 17.8 Å². The lowest BCUT2D eigenvalue weighted by molar-refractivity contribution is -0.207. The maximum atomic E-state index is 13.6. The van der Waals surface area contributed by atoms with Crippen LogP contribution < -0.4 is 0 Å². The van der Waals surface area contributed by atoms with Gasteiger partial charge in [0.25, 0.3) is 0 Å². The number of fused-ring (bicyclic) bond motifs is 5. The normalized spacial score (nSPS) is 51.6. The molecule has 0 unspecified atom stereocenters. The van der Waals surface area contributed by atoms with E-state index in [1.165, 1.54) is 6.08 Å². The van der Waals surface area contributed by atoms with Crippen molar-refractivity contribution in [2.24, 2.45) is 28.6 Å². The molecule has 6 heteroatoms. The lowest BCUT2D eigenvalue weighted by Crippen LogP contribution is -2.66. The number of esters is 1. The van der Waals surface area contributed by atoms with Crippen LogP contribution in [-0.4, -0.2) is 51.5 Å². The number of aliphatic hydroxyl groups excluding tert-OH is 2. The average molecular weight is 402 g/mol. The zero-order valence-corrected chi connectivity index (χ0v) is 17.1. The number of hydrogen-bond acceptors (Lipinski definition) is 6. The smallest absolute Gasteiger partial charge is 0.331 e. The number of ether oxygens (including phenoxy) is 1. The summed E-state index contributed by atoms with van der Waals surface area (Å²) < 4.78 is 5.09. The van der Waals surface area contributed by atoms with Gasteiger partial charge in [-0.3, -0.25) is 4.79 Å². The summed E-state index contributed by atoms with van der Waals surface area (Å²) in [7, 11) is 0. The van der Waals surface area contributed by atoms with E-state index in [0.717, 1.165) is 24.0 Å². The van der Waals surface area contributed by atoms with Gasteiger partial charge in [0.15, 0.2) is 0 Å². The number of rotatable bonds is 1. The molecule has 8 atom stereocenters. The third-order valence-electron chi connectivity index (χ3n) is 9.15. The highest BCUT2D eigenvalue weighted by atomic mass is 16.5. The van der Waals surface area contributed by atoms with Crippen LogP contribution >= 0.6 is 0 Å². The first kappa shape index (κ1) is 19.5. The van der Waals surface area contributed by atoms with Crippen LogP contribution in [0.3, 0.4) is 0 Å². The second-order valence-electron chi connectivity index (χ2n) is 10.4. The molecule has 3 fully saturated rings. The van der Waals surface area contributed by atoms with Crippen LogP contribution in [0.1, 0.15) is 52.4 Å². The van der Waals surface area contributed by atoms with Gasteiger partial charge in [0, 0.05) is 29.4 Å². The molecule has 0 spiro atoms. The minimum absolute atomic E-state index is 0.136. The minimum atomic E-state index is -1.05. The first-order chi connectivity index (χ1) is 13.6. The van der Waals surface area contributed by atoms with Crippen molar-refractivity contribution in [2.45, 2.75) is 70.2 Å². The van der Waals surface area contributed by atoms with E-state index in [2.05, 4.69) is 6.92 Å². The zero-order chi connectivity index (χ0) is 20.8. The molecule has 0 aromatic carbocycles. The molecule has 0 aromatic rings. The monoisotopic (exact) mass is 402 g/mol. The molecule has 6 nitrogen and oxygen atoms in total. The Morgan fingerprint density at radius 3 is 2.59 bits per heavy atom. The van der Waals surface area contributed by atoms with E-state index in [9.17, 15) is 24.9 Å². The number of carbonyl (C=O) groups excluding carboxylic acids is 2. The van der Waals surface area contributed by atoms with E-state index in [4.69, 9.17) is 4.74 Å². The highest BCUT2D eigenvalue weighted by Gasteiger charge is 2.68. The summed E-state index contributed by atoms with van der Waals surface area (Å²) in [4.78, 5) is 25.2. The second kappa shape index (κ2) is 6.02. The summed E-state index contributed by atoms with van der Waals surface area (Å²) in [6.45, 7) is 4.22. The van der Waals surface area contributed by atoms with Crippen molar-refractivity contribution >= 4 is 11.8 Å². The van der Waals surface area contributed by atoms with E-state index in [0.29, 0.717) is 19.3 Å². The van der Waals surface area contributed by atoms with Crippen LogP contribution in [0.4, 0.5) is 0 Å². The fourth-order valence-electron chi connectivity index (χ4n) is 7.64. The van der Waals surface area contributed by atoms with Crippen molar-refractivity contribution in [3.8, 4) is 0 Å². The molecule has 3 N–H and O–H groups in total. The van der Waals surface area contributed by atoms with Crippen molar-refractivity contribution in [1.82, 2.24) is 0 Å². The first-order valence-corrected chi connectivity index (χ1v) is 10.8. The molecular formula is C23H30O6. The third-order valence-corrected chi connectivity index (χ3v) is 9.15. The van der Waals surface area contributed by atoms with Crippen molar-refractivity contribution in [3.05, 3.63) is 23.3 Å². The summed E-state index contributed by atoms with van der Waals surface area (Å²) >= 11 is 0. The quantitative estimate of drug-likeness (QED) is 0.577. The number of aliphatic hydroxyl groups is 3. The molecule has 5 rings (SSSR count). The Bertz CT molecular complexity index is 844. The lowest BCUT2D eigenvalue weighted by atomic mass is 9.42. The van der Waals surface area contributed by atoms with Crippen molar-refractivity contribution in [1.29, 1.82) is 0 Å². The maximum absolute atomic E-state index is 13.6. The molecule has 5 aliphatic rings. The van der Waals surface area contributed by atoms with E-state index in [1.807, 2.05) is 13.0 Å². The maximum Gasteiger partial charge on any atom is 0.331 e. The molecule has 158 valence electrons. The van der Waals surface area contributed by atoms with Gasteiger partial charge >= 0.3 is 5.97 Å². The number of cyclic esters (lactones) is 1. The minimum Gasteiger partial charge on any atom is -0.458 e. The number of hydrogen-bond donors (Lipinski definition) is 3. The third kappa shape index (κ3) is 2.39. The largest absolute Gasteiger partial charge is 0.458 e. The Hall–Kier alpha value is -1.50. The molecular weight excluding hydrogens is 372 g/mol. The highest BCUT2D eigenvalue weighted by molar-refractivity contribution is 5.89. The molecule has 3 saturated carbocycles. The zero-order valence-electron chi connectivity index (χ0n) is 17.1. The molecule has 4 aliphatic carbocycles. The SMILES string of the molecule is C[C@]12C[C@H](O)[C@@H](O)C[C@H]1CC[C@@H]1[C@@H]2C(=O)C[C@]2(C)C(C3=CC(=O)OC3)=CC[C@]12O. The summed E-state index contributed by atoms with van der Waals surface area (Å²) in [6, 6.07) is 0. The van der Waals surface area contributed by atoms with Gasteiger partial charge < -0.3 is 20.1 Å². The van der Waals surface area contributed by atoms with Crippen LogP contribution in [0.15, 0.2) is 23.3 Å². The Labute approximate surface area is 170 Å². The lowest BCUT2D eigenvalue weighted by Gasteiger charge is -2.62. The predicted molar refractivity (Wildman–Crippen MR) is 103 cm³/mol. The number of Topliss-reactive ketones (excluding diaryl/α,β-unsaturated/α-hetero) is 1. The Kier molecular flexibility index (Phi) is 4.04. The number of carbonyl (C=O) groups is 2. The Morgan fingerprint density at radius 1 is 1.14 bits per heavy atom. The first-order valence-electron chi connectivity index (χ1n) is 10.8. The Balaban J connectivity index is 1.53. The second-order valence-corrected chi connectivity index (χ2v) is 10.4. The predicted octanol–water partition coefficient (Wildman–Crippen LogP) is 1.67. The molecule has 0 amide bonds. The van der Waals surface area contributed by atoms with Gasteiger partial charge in [-0.1, -0.05) is 19.9 Å². The topological polar surface area (TPSA) is 104 Å². The van der Waals surface area contributed by atoms with Gasteiger partial charge in [-0.15, -0.1) is 0 Å². The van der Waals surface area contributed by atoms with E-state index < -0.39 is 28.6 Å². The van der Waals surface area contributed by atoms with E-state index in [1.54, 1.807) is 0 Å². The van der Waals surface area contributed by atoms with Crippen molar-refractivity contribution in [3.63, 3.8) is 0 Å². The molecule has 29 heavy (non-hydrogen) atoms. The van der Waals surface area contributed by atoms with E-state index >= 15 is 0 Å². The summed E-state index contributed by atoms with van der Waals surface area (Å²) in [5.41, 5.74) is -0.548. The fraction of sp³-hybridized carbons (Fsp3) is 0.739. The molecule has 0 radical (unpaired) electrons. The van der Waals surface area contributed by atoms with Crippen LogP contribution in [0, 0.1) is 28.6 Å². The van der Waals surface area contributed by atoms with Gasteiger partial charge in [-0.05, 0) is 54.9 Å². The van der Waals surface area contributed by atoms with Crippen LogP contribution in [0.2, 0.25) is 0 Å². The molecule has 0 saturated heterocycles. The van der Waals surface area contributed by atoms with Gasteiger partial charge in [0.2, 0.25) is 0 Å². The standard InChI is InChI=1S/C23H30O6/c1-21-9-17(25)16(24)8-13(21)3-4-15-20(21)18(26)10-22(2)14(5-6-23(15,22)28)12-7-19(27)29-11-12/h5,7,13,15-17,20,24-25,28H,3-4,6,8-11H2,1-2H3/t13-,15-,16+,17+,20-,21+,22-,23+/m1/s1. The summed E-state index contributed by atoms with van der Waals surface area (Å²) in [5.74, 6) is -0.565. The van der Waals surface area contributed by atoms with Crippen molar-refractivity contribution < 1.29 is 29.6 Å². The summed E-state index contributed by atoms with van der Waals surface area (Å²) in [6.07, 6.45) is 5.10. The van der Waals surface area contributed by atoms with Crippen LogP contribution in [0.25, 0.3) is 0 Å². The van der Waals surface area contributed by atoms with Gasteiger partial charge in [0.1, 0.15) is 12.4 Å². The molecule has 1 heterocycles. The fourth-order valence-corrected chi connectivity index (χ4v) is 7.64. The van der Waals surface area contributed by atoms with Gasteiger partial charge in [-0.25, -0.2) is 4.79 Å². The molecule has 0 bridgehead atoms. The highest BCUT2D eigenvalue weighted by Crippen LogP contribution is 2.67. The van der Waals surface area contributed by atoms with Crippen molar-refractivity contribution in [2.75, 3.05) is 6.61 Å². The van der Waals surface area contributed by atoms with Gasteiger partial charge in [-0.2, -0.15) is 0 Å². The molecule has 1 aliphatic heterocycles. The van der Waals surface area contributed by atoms with Crippen LogP contribution in [0.5, 0.6) is 0 Å².